The maximum Gasteiger partial charge on any atom is 0.311 e. The lowest BCUT2D eigenvalue weighted by Crippen LogP contribution is -2.38. The summed E-state index contributed by atoms with van der Waals surface area (Å²) in [5.74, 6) is -0.167. The Bertz CT molecular complexity index is 626. The molecule has 7 nitrogen and oxygen atoms in total. The molecule has 1 aromatic rings. The van der Waals surface area contributed by atoms with E-state index in [-0.39, 0.29) is 17.0 Å². The average molecular weight is 340 g/mol. The molecule has 0 saturated heterocycles. The van der Waals surface area contributed by atoms with Gasteiger partial charge >= 0.3 is 5.69 Å². The Kier molecular flexibility index (Phi) is 3.77. The molecule has 0 aliphatic carbocycles. The van der Waals surface area contributed by atoms with Crippen LogP contribution in [0.5, 0.6) is 5.75 Å². The van der Waals surface area contributed by atoms with Crippen molar-refractivity contribution >= 4 is 46.6 Å². The molecule has 1 atom stereocenters. The van der Waals surface area contributed by atoms with Gasteiger partial charge in [0, 0.05) is 17.7 Å². The lowest BCUT2D eigenvalue weighted by molar-refractivity contribution is -0.434. The van der Waals surface area contributed by atoms with Crippen LogP contribution in [0.3, 0.4) is 0 Å². The van der Waals surface area contributed by atoms with E-state index < -0.39 is 25.4 Å². The highest BCUT2D eigenvalue weighted by Gasteiger charge is 2.47. The van der Waals surface area contributed by atoms with Crippen LogP contribution in [0.4, 0.5) is 5.69 Å². The van der Waals surface area contributed by atoms with Crippen molar-refractivity contribution in [2.24, 2.45) is 0 Å². The van der Waals surface area contributed by atoms with Crippen molar-refractivity contribution in [3.05, 3.63) is 49.7 Å². The summed E-state index contributed by atoms with van der Waals surface area (Å²) in [6.07, 6.45) is -0.450. The SMILES string of the molecule is O=[N+]([O-])C1=Cc2cccc([N+](=O)[O-])c2OC1C(Cl)(Cl)Cl. The number of benzene rings is 1. The van der Waals surface area contributed by atoms with Crippen LogP contribution in [-0.2, 0) is 0 Å². The highest BCUT2D eigenvalue weighted by molar-refractivity contribution is 6.68. The summed E-state index contributed by atoms with van der Waals surface area (Å²) in [4.78, 5) is 20.5. The number of hydrogen-bond donors (Lipinski definition) is 0. The fourth-order valence-electron chi connectivity index (χ4n) is 1.72. The molecule has 0 bridgehead atoms. The predicted octanol–water partition coefficient (Wildman–Crippen LogP) is 3.34. The normalized spacial score (nSPS) is 17.8. The molecule has 0 aromatic heterocycles. The molecule has 106 valence electrons. The molecule has 0 radical (unpaired) electrons. The minimum Gasteiger partial charge on any atom is -0.467 e. The summed E-state index contributed by atoms with van der Waals surface area (Å²) in [5.41, 5.74) is -0.671. The Morgan fingerprint density at radius 1 is 1.15 bits per heavy atom. The zero-order valence-corrected chi connectivity index (χ0v) is 11.7. The molecule has 1 unspecified atom stereocenters. The standard InChI is InChI=1S/C10H5Cl3N2O5/c11-10(12,13)9-7(15(18)19)4-5-2-1-3-6(14(16)17)8(5)20-9/h1-4,9H. The van der Waals surface area contributed by atoms with Crippen LogP contribution in [0.2, 0.25) is 0 Å². The summed E-state index contributed by atoms with van der Waals surface area (Å²) < 4.78 is 3.08. The van der Waals surface area contributed by atoms with E-state index >= 15 is 0 Å². The largest absolute Gasteiger partial charge is 0.467 e. The van der Waals surface area contributed by atoms with Crippen LogP contribution >= 0.6 is 34.8 Å². The predicted molar refractivity (Wildman–Crippen MR) is 72.8 cm³/mol. The second kappa shape index (κ2) is 5.08. The van der Waals surface area contributed by atoms with Gasteiger partial charge in [-0.1, -0.05) is 46.9 Å². The summed E-state index contributed by atoms with van der Waals surface area (Å²) in [6.45, 7) is 0. The topological polar surface area (TPSA) is 95.5 Å². The maximum absolute atomic E-state index is 11.0. The van der Waals surface area contributed by atoms with E-state index in [0.29, 0.717) is 0 Å². The Morgan fingerprint density at radius 3 is 2.30 bits per heavy atom. The number of nitrogens with zero attached hydrogens (tertiary/aromatic N) is 2. The van der Waals surface area contributed by atoms with E-state index in [9.17, 15) is 20.2 Å². The minimum absolute atomic E-state index is 0.167. The molecule has 1 aliphatic rings. The first-order chi connectivity index (χ1) is 9.21. The first kappa shape index (κ1) is 14.8. The number of halogens is 3. The van der Waals surface area contributed by atoms with Gasteiger partial charge in [0.25, 0.3) is 5.70 Å². The number of nitro groups is 2. The molecule has 0 fully saturated rings. The number of fused-ring (bicyclic) bond motifs is 1. The number of nitro benzene ring substituents is 1. The van der Waals surface area contributed by atoms with E-state index in [0.717, 1.165) is 6.08 Å². The number of rotatable bonds is 2. The van der Waals surface area contributed by atoms with Gasteiger partial charge < -0.3 is 4.74 Å². The molecular formula is C10H5Cl3N2O5. The second-order valence-electron chi connectivity index (χ2n) is 3.82. The van der Waals surface area contributed by atoms with Crippen molar-refractivity contribution in [1.82, 2.24) is 0 Å². The number of alkyl halides is 3. The molecule has 0 spiro atoms. The van der Waals surface area contributed by atoms with Gasteiger partial charge in [0.1, 0.15) is 0 Å². The Morgan fingerprint density at radius 2 is 1.80 bits per heavy atom. The lowest BCUT2D eigenvalue weighted by Gasteiger charge is -2.26. The van der Waals surface area contributed by atoms with Crippen LogP contribution in [0, 0.1) is 20.2 Å². The van der Waals surface area contributed by atoms with E-state index in [1.165, 1.54) is 18.2 Å². The average Bonchev–Trinajstić information content (AvgIpc) is 2.35. The smallest absolute Gasteiger partial charge is 0.311 e. The number of para-hydroxylation sites is 1. The summed E-state index contributed by atoms with van der Waals surface area (Å²) in [6, 6.07) is 4.00. The Labute approximate surface area is 127 Å². The molecule has 0 amide bonds. The second-order valence-corrected chi connectivity index (χ2v) is 6.19. The molecule has 2 rings (SSSR count). The van der Waals surface area contributed by atoms with E-state index in [1.807, 2.05) is 0 Å². The monoisotopic (exact) mass is 338 g/mol. The molecule has 20 heavy (non-hydrogen) atoms. The van der Waals surface area contributed by atoms with Gasteiger partial charge in [-0.2, -0.15) is 0 Å². The first-order valence-corrected chi connectivity index (χ1v) is 6.22. The molecule has 10 heteroatoms. The quantitative estimate of drug-likeness (QED) is 0.468. The molecule has 0 N–H and O–H groups in total. The highest BCUT2D eigenvalue weighted by atomic mass is 35.6. The van der Waals surface area contributed by atoms with Crippen molar-refractivity contribution < 1.29 is 14.6 Å². The van der Waals surface area contributed by atoms with Crippen molar-refractivity contribution in [3.8, 4) is 5.75 Å². The molecule has 1 heterocycles. The van der Waals surface area contributed by atoms with Gasteiger partial charge in [-0.3, -0.25) is 20.2 Å². The fourth-order valence-corrected chi connectivity index (χ4v) is 2.19. The molecular weight excluding hydrogens is 334 g/mol. The van der Waals surface area contributed by atoms with Gasteiger partial charge in [0.2, 0.25) is 15.6 Å². The molecule has 1 aromatic carbocycles. The zero-order valence-electron chi connectivity index (χ0n) is 9.46. The highest BCUT2D eigenvalue weighted by Crippen LogP contribution is 2.44. The Balaban J connectivity index is 2.63. The van der Waals surface area contributed by atoms with Crippen LogP contribution in [0.25, 0.3) is 6.08 Å². The van der Waals surface area contributed by atoms with Crippen molar-refractivity contribution in [3.63, 3.8) is 0 Å². The minimum atomic E-state index is -2.14. The van der Waals surface area contributed by atoms with Crippen molar-refractivity contribution in [2.75, 3.05) is 0 Å². The zero-order chi connectivity index (χ0) is 15.1. The van der Waals surface area contributed by atoms with Crippen LogP contribution in [0.15, 0.2) is 23.9 Å². The molecule has 1 aliphatic heterocycles. The maximum atomic E-state index is 11.0. The lowest BCUT2D eigenvalue weighted by atomic mass is 10.1. The van der Waals surface area contributed by atoms with Crippen LogP contribution < -0.4 is 4.74 Å². The van der Waals surface area contributed by atoms with Gasteiger partial charge in [0.15, 0.2) is 0 Å². The summed E-state index contributed by atoms with van der Waals surface area (Å²) in [7, 11) is 0. The molecule has 0 saturated carbocycles. The van der Waals surface area contributed by atoms with E-state index in [2.05, 4.69) is 0 Å². The van der Waals surface area contributed by atoms with Crippen LogP contribution in [0.1, 0.15) is 5.56 Å². The Hall–Kier alpha value is -1.57. The van der Waals surface area contributed by atoms with Gasteiger partial charge in [-0.05, 0) is 0 Å². The van der Waals surface area contributed by atoms with E-state index in [1.54, 1.807) is 0 Å². The first-order valence-electron chi connectivity index (χ1n) is 5.08. The fraction of sp³-hybridized carbons (Fsp3) is 0.200. The number of ether oxygens (including phenoxy) is 1. The van der Waals surface area contributed by atoms with E-state index in [4.69, 9.17) is 39.5 Å². The van der Waals surface area contributed by atoms with Gasteiger partial charge in [0.05, 0.1) is 9.85 Å². The third-order valence-corrected chi connectivity index (χ3v) is 3.13. The number of hydrogen-bond acceptors (Lipinski definition) is 5. The van der Waals surface area contributed by atoms with Crippen LogP contribution in [-0.4, -0.2) is 19.7 Å². The van der Waals surface area contributed by atoms with Crippen molar-refractivity contribution in [1.29, 1.82) is 0 Å². The van der Waals surface area contributed by atoms with Crippen molar-refractivity contribution in [2.45, 2.75) is 9.90 Å². The summed E-state index contributed by atoms with van der Waals surface area (Å²) in [5, 5.41) is 21.9. The van der Waals surface area contributed by atoms with Gasteiger partial charge in [-0.25, -0.2) is 0 Å². The third-order valence-electron chi connectivity index (χ3n) is 2.54. The third kappa shape index (κ3) is 2.65. The van der Waals surface area contributed by atoms with Gasteiger partial charge in [-0.15, -0.1) is 0 Å². The summed E-state index contributed by atoms with van der Waals surface area (Å²) >= 11 is 16.9.